The van der Waals surface area contributed by atoms with Gasteiger partial charge in [0.15, 0.2) is 5.82 Å². The van der Waals surface area contributed by atoms with Gasteiger partial charge in [0.25, 0.3) is 0 Å². The van der Waals surface area contributed by atoms with Crippen molar-refractivity contribution in [1.29, 1.82) is 0 Å². The summed E-state index contributed by atoms with van der Waals surface area (Å²) in [7, 11) is 1.75. The average Bonchev–Trinajstić information content (AvgIpc) is 3.86. The number of rotatable bonds is 6. The van der Waals surface area contributed by atoms with E-state index in [1.807, 2.05) is 13.0 Å². The molecule has 5 aromatic rings. The van der Waals surface area contributed by atoms with Crippen LogP contribution in [-0.2, 0) is 20.0 Å². The van der Waals surface area contributed by atoms with Crippen LogP contribution in [0.15, 0.2) is 39.5 Å². The molecule has 284 valence electrons. The van der Waals surface area contributed by atoms with Crippen LogP contribution in [0, 0.1) is 30.9 Å². The van der Waals surface area contributed by atoms with Crippen LogP contribution in [-0.4, -0.2) is 85.4 Å². The van der Waals surface area contributed by atoms with E-state index in [0.29, 0.717) is 71.5 Å². The quantitative estimate of drug-likeness (QED) is 0.188. The summed E-state index contributed by atoms with van der Waals surface area (Å²) >= 11 is 0. The molecule has 4 saturated heterocycles. The topological polar surface area (TPSA) is 92.8 Å². The van der Waals surface area contributed by atoms with Gasteiger partial charge in [0.2, 0.25) is 0 Å². The molecule has 0 spiro atoms. The van der Waals surface area contributed by atoms with Gasteiger partial charge in [0.05, 0.1) is 27.9 Å². The van der Waals surface area contributed by atoms with Crippen LogP contribution in [0.2, 0.25) is 0 Å². The van der Waals surface area contributed by atoms with Gasteiger partial charge in [-0.05, 0) is 69.9 Å². The van der Waals surface area contributed by atoms with E-state index < -0.39 is 23.3 Å². The number of hydrogen-bond donors (Lipinski definition) is 0. The van der Waals surface area contributed by atoms with E-state index in [2.05, 4.69) is 20.6 Å². The number of halogens is 3. The van der Waals surface area contributed by atoms with E-state index in [1.54, 1.807) is 29.8 Å². The van der Waals surface area contributed by atoms with Crippen molar-refractivity contribution in [2.24, 2.45) is 7.05 Å². The maximum Gasteiger partial charge on any atom is 0.419 e. The fourth-order valence-electron chi connectivity index (χ4n) is 10.6. The number of aryl methyl sites for hydroxylation is 2. The lowest BCUT2D eigenvalue weighted by Crippen LogP contribution is -2.60. The average molecular weight is 750 g/mol. The lowest BCUT2D eigenvalue weighted by atomic mass is 9.92. The van der Waals surface area contributed by atoms with Crippen molar-refractivity contribution in [2.45, 2.75) is 94.7 Å². The van der Waals surface area contributed by atoms with Crippen molar-refractivity contribution in [3.63, 3.8) is 0 Å². The van der Waals surface area contributed by atoms with Crippen LogP contribution < -0.4 is 15.4 Å². The SMILES string of the molecule is C#Cc1c(F)ccc2cccc(-c3nc4c5c(nc(OC[C@@]67CCCN6C[C@H](F)C7)nc5c3F)N3C[C@H]5CC[C@@H]([C@H]3CCC4)N5Cc3c(C)oc(=O)n3C)c12. The number of fused-ring (bicyclic) bond motifs is 7. The molecule has 55 heavy (non-hydrogen) atoms. The summed E-state index contributed by atoms with van der Waals surface area (Å²) in [5.41, 5.74) is 1.66. The van der Waals surface area contributed by atoms with Gasteiger partial charge in [0.1, 0.15) is 41.4 Å². The Morgan fingerprint density at radius 1 is 1.05 bits per heavy atom. The Morgan fingerprint density at radius 2 is 1.93 bits per heavy atom. The summed E-state index contributed by atoms with van der Waals surface area (Å²) in [5.74, 6) is 2.11. The van der Waals surface area contributed by atoms with Crippen LogP contribution in [0.25, 0.3) is 32.9 Å². The number of benzene rings is 2. The number of piperazine rings is 1. The van der Waals surface area contributed by atoms with Crippen molar-refractivity contribution < 1.29 is 22.3 Å². The first-order valence-corrected chi connectivity index (χ1v) is 19.4. The van der Waals surface area contributed by atoms with Crippen LogP contribution in [0.3, 0.4) is 0 Å². The molecule has 0 radical (unpaired) electrons. The highest BCUT2D eigenvalue weighted by molar-refractivity contribution is 6.02. The van der Waals surface area contributed by atoms with E-state index in [0.717, 1.165) is 50.8 Å². The zero-order valence-electron chi connectivity index (χ0n) is 31.0. The van der Waals surface area contributed by atoms with Crippen LogP contribution >= 0.6 is 0 Å². The van der Waals surface area contributed by atoms with Crippen LogP contribution in [0.1, 0.15) is 67.7 Å². The number of terminal acetylenes is 1. The Kier molecular flexibility index (Phi) is 8.05. The van der Waals surface area contributed by atoms with Crippen molar-refractivity contribution in [3.8, 4) is 29.6 Å². The summed E-state index contributed by atoms with van der Waals surface area (Å²) in [6.45, 7) is 4.46. The Balaban J connectivity index is 1.12. The minimum Gasteiger partial charge on any atom is -0.461 e. The number of alkyl halides is 1. The monoisotopic (exact) mass is 749 g/mol. The van der Waals surface area contributed by atoms with E-state index in [9.17, 15) is 9.18 Å². The van der Waals surface area contributed by atoms with Crippen LogP contribution in [0.4, 0.5) is 19.0 Å². The second-order valence-electron chi connectivity index (χ2n) is 16.1. The van der Waals surface area contributed by atoms with Crippen LogP contribution in [0.5, 0.6) is 6.01 Å². The molecule has 5 atom stereocenters. The normalized spacial score (nSPS) is 26.3. The molecule has 0 unspecified atom stereocenters. The molecule has 2 bridgehead atoms. The van der Waals surface area contributed by atoms with Gasteiger partial charge < -0.3 is 14.1 Å². The number of oxazole rings is 1. The molecular formula is C42H42F3N7O3. The highest BCUT2D eigenvalue weighted by Crippen LogP contribution is 2.46. The minimum atomic E-state index is -0.928. The fourth-order valence-corrected chi connectivity index (χ4v) is 10.6. The number of anilines is 1. The van der Waals surface area contributed by atoms with Gasteiger partial charge in [-0.2, -0.15) is 9.97 Å². The van der Waals surface area contributed by atoms with Crippen molar-refractivity contribution in [2.75, 3.05) is 31.1 Å². The fraction of sp³-hybridized carbons (Fsp3) is 0.476. The van der Waals surface area contributed by atoms with E-state index in [4.69, 9.17) is 30.5 Å². The Hall–Kier alpha value is -4.93. The summed E-state index contributed by atoms with van der Waals surface area (Å²) in [6.07, 6.45) is 11.2. The molecule has 0 aliphatic carbocycles. The number of hydrogen-bond acceptors (Lipinski definition) is 9. The van der Waals surface area contributed by atoms with Gasteiger partial charge in [0, 0.05) is 62.2 Å². The number of ether oxygens (including phenoxy) is 1. The molecular weight excluding hydrogens is 708 g/mol. The van der Waals surface area contributed by atoms with Crippen molar-refractivity contribution in [3.05, 3.63) is 75.2 Å². The van der Waals surface area contributed by atoms with Gasteiger partial charge in [-0.1, -0.05) is 30.2 Å². The zero-order chi connectivity index (χ0) is 37.7. The van der Waals surface area contributed by atoms with Gasteiger partial charge in [-0.25, -0.2) is 22.9 Å². The molecule has 0 amide bonds. The predicted molar refractivity (Wildman–Crippen MR) is 202 cm³/mol. The first-order chi connectivity index (χ1) is 26.6. The highest BCUT2D eigenvalue weighted by atomic mass is 19.1. The first-order valence-electron chi connectivity index (χ1n) is 19.4. The zero-order valence-corrected chi connectivity index (χ0v) is 31.0. The van der Waals surface area contributed by atoms with Gasteiger partial charge in [-0.3, -0.25) is 14.4 Å². The second kappa shape index (κ2) is 12.8. The van der Waals surface area contributed by atoms with E-state index >= 15 is 8.78 Å². The molecule has 0 N–H and O–H groups in total. The maximum absolute atomic E-state index is 17.5. The predicted octanol–water partition coefficient (Wildman–Crippen LogP) is 6.22. The van der Waals surface area contributed by atoms with Gasteiger partial charge >= 0.3 is 11.8 Å². The Bertz CT molecular complexity index is 2500. The third-order valence-electron chi connectivity index (χ3n) is 13.2. The highest BCUT2D eigenvalue weighted by Gasteiger charge is 2.50. The molecule has 4 fully saturated rings. The summed E-state index contributed by atoms with van der Waals surface area (Å²) in [6, 6.07) is 8.70. The minimum absolute atomic E-state index is 0.0411. The lowest BCUT2D eigenvalue weighted by Gasteiger charge is -2.48. The Labute approximate surface area is 316 Å². The van der Waals surface area contributed by atoms with E-state index in [-0.39, 0.29) is 53.3 Å². The van der Waals surface area contributed by atoms with E-state index in [1.165, 1.54) is 6.07 Å². The molecule has 10 nitrogen and oxygen atoms in total. The summed E-state index contributed by atoms with van der Waals surface area (Å²) in [4.78, 5) is 34.3. The second-order valence-corrected chi connectivity index (χ2v) is 16.1. The maximum atomic E-state index is 17.5. The summed E-state index contributed by atoms with van der Waals surface area (Å²) in [5, 5.41) is 1.64. The molecule has 2 aromatic carbocycles. The summed E-state index contributed by atoms with van der Waals surface area (Å²) < 4.78 is 60.8. The molecule has 5 aliphatic rings. The first kappa shape index (κ1) is 34.6. The molecule has 10 rings (SSSR count). The molecule has 0 saturated carbocycles. The lowest BCUT2D eigenvalue weighted by molar-refractivity contribution is 0.107. The van der Waals surface area contributed by atoms with Gasteiger partial charge in [-0.15, -0.1) is 6.42 Å². The molecule has 8 heterocycles. The Morgan fingerprint density at radius 3 is 2.75 bits per heavy atom. The third kappa shape index (κ3) is 5.31. The number of pyridine rings is 1. The molecule has 13 heteroatoms. The standard InChI is InChI=1S/C42H42F3N7O3/c1-4-27-29(44)14-12-24-8-5-9-28(34(24)27)37-36(45)38-35-30(46-37)10-6-11-31-32-15-13-26(51(32)21-33-23(2)55-41(53)49(33)3)20-52(31)39(35)48-40(47-38)54-22-42-16-7-17-50(42)19-25(43)18-42/h1,5,8-9,12,14,25-26,31-32H,6-7,10-11,13,15-22H2,2-3H3/t25-,26-,31-,32+,42+/m1/s1. The molecule has 3 aromatic heterocycles. The smallest absolute Gasteiger partial charge is 0.419 e. The molecule has 5 aliphatic heterocycles. The number of aromatic nitrogens is 4. The van der Waals surface area contributed by atoms with Crippen molar-refractivity contribution in [1.82, 2.24) is 29.3 Å². The van der Waals surface area contributed by atoms with Crippen molar-refractivity contribution >= 4 is 27.5 Å². The number of nitrogens with zero attached hydrogens (tertiary/aromatic N) is 7. The largest absolute Gasteiger partial charge is 0.461 e. The third-order valence-corrected chi connectivity index (χ3v) is 13.2.